The van der Waals surface area contributed by atoms with E-state index in [1.807, 2.05) is 7.05 Å². The highest BCUT2D eigenvalue weighted by Crippen LogP contribution is 2.25. The molecule has 0 spiro atoms. The van der Waals surface area contributed by atoms with Crippen molar-refractivity contribution in [3.05, 3.63) is 18.5 Å². The van der Waals surface area contributed by atoms with Crippen LogP contribution in [0.25, 0.3) is 0 Å². The maximum Gasteiger partial charge on any atom is 0.197 e. The molecule has 4 N–H and O–H groups in total. The third-order valence-electron chi connectivity index (χ3n) is 1.80. The predicted molar refractivity (Wildman–Crippen MR) is 58.2 cm³/mol. The summed E-state index contributed by atoms with van der Waals surface area (Å²) >= 11 is 1.39. The van der Waals surface area contributed by atoms with Crippen molar-refractivity contribution in [2.75, 3.05) is 11.5 Å². The molecule has 0 aliphatic carbocycles. The molecule has 15 heavy (non-hydrogen) atoms. The lowest BCUT2D eigenvalue weighted by Gasteiger charge is -2.02. The number of aromatic nitrogens is 4. The number of hydrogen-bond acceptors (Lipinski definition) is 6. The number of rotatable bonds is 2. The molecule has 78 valence electrons. The summed E-state index contributed by atoms with van der Waals surface area (Å²) in [5.74, 6) is 0.335. The van der Waals surface area contributed by atoms with Gasteiger partial charge in [0.25, 0.3) is 0 Å². The third kappa shape index (κ3) is 2.01. The lowest BCUT2D eigenvalue weighted by Crippen LogP contribution is -1.98. The van der Waals surface area contributed by atoms with Crippen LogP contribution in [0.3, 0.4) is 0 Å². The highest BCUT2D eigenvalue weighted by Gasteiger charge is 2.05. The molecule has 0 aliphatic heterocycles. The molecule has 6 nitrogen and oxygen atoms in total. The quantitative estimate of drug-likeness (QED) is 0.769. The van der Waals surface area contributed by atoms with Crippen LogP contribution < -0.4 is 11.5 Å². The first-order valence-electron chi connectivity index (χ1n) is 4.20. The molecule has 2 aromatic rings. The lowest BCUT2D eigenvalue weighted by atomic mass is 10.4. The summed E-state index contributed by atoms with van der Waals surface area (Å²) in [7, 11) is 1.86. The van der Waals surface area contributed by atoms with E-state index in [1.54, 1.807) is 23.0 Å². The summed E-state index contributed by atoms with van der Waals surface area (Å²) < 4.78 is 1.80. The van der Waals surface area contributed by atoms with Gasteiger partial charge >= 0.3 is 0 Å². The van der Waals surface area contributed by atoms with E-state index in [4.69, 9.17) is 11.5 Å². The fourth-order valence-electron chi connectivity index (χ4n) is 0.982. The molecule has 0 aliphatic rings. The van der Waals surface area contributed by atoms with E-state index in [0.717, 1.165) is 10.2 Å². The Morgan fingerprint density at radius 1 is 1.33 bits per heavy atom. The third-order valence-corrected chi connectivity index (χ3v) is 2.79. The molecule has 0 amide bonds. The van der Waals surface area contributed by atoms with E-state index in [-0.39, 0.29) is 0 Å². The van der Waals surface area contributed by atoms with Gasteiger partial charge in [0.15, 0.2) is 5.16 Å². The van der Waals surface area contributed by atoms with Crippen LogP contribution in [0, 0.1) is 0 Å². The zero-order valence-corrected chi connectivity index (χ0v) is 8.90. The van der Waals surface area contributed by atoms with Crippen molar-refractivity contribution < 1.29 is 0 Å². The van der Waals surface area contributed by atoms with Gasteiger partial charge in [0, 0.05) is 7.05 Å². The van der Waals surface area contributed by atoms with Gasteiger partial charge in [0.2, 0.25) is 0 Å². The van der Waals surface area contributed by atoms with Crippen molar-refractivity contribution >= 4 is 23.3 Å². The summed E-state index contributed by atoms with van der Waals surface area (Å²) in [5.41, 5.74) is 11.6. The molecular weight excluding hydrogens is 212 g/mol. The second kappa shape index (κ2) is 3.77. The van der Waals surface area contributed by atoms with E-state index in [2.05, 4.69) is 15.2 Å². The fraction of sp³-hybridized carbons (Fsp3) is 0.125. The number of nitrogens with two attached hydrogens (primary N) is 2. The first-order chi connectivity index (χ1) is 7.16. The average Bonchev–Trinajstić information content (AvgIpc) is 2.59. The van der Waals surface area contributed by atoms with Gasteiger partial charge in [-0.05, 0) is 23.9 Å². The van der Waals surface area contributed by atoms with Gasteiger partial charge in [-0.25, -0.2) is 4.98 Å². The van der Waals surface area contributed by atoms with Crippen LogP contribution in [0.4, 0.5) is 11.5 Å². The number of anilines is 2. The highest BCUT2D eigenvalue weighted by atomic mass is 32.2. The molecule has 2 heterocycles. The Morgan fingerprint density at radius 2 is 2.13 bits per heavy atom. The molecule has 0 atom stereocenters. The Hall–Kier alpha value is -1.76. The molecule has 2 rings (SSSR count). The van der Waals surface area contributed by atoms with Gasteiger partial charge in [-0.2, -0.15) is 0 Å². The van der Waals surface area contributed by atoms with Gasteiger partial charge in [-0.3, -0.25) is 0 Å². The Kier molecular flexibility index (Phi) is 2.46. The summed E-state index contributed by atoms with van der Waals surface area (Å²) in [5, 5.41) is 9.20. The van der Waals surface area contributed by atoms with Gasteiger partial charge in [0.1, 0.15) is 17.2 Å². The zero-order chi connectivity index (χ0) is 10.8. The first-order valence-corrected chi connectivity index (χ1v) is 5.02. The first kappa shape index (κ1) is 9.78. The highest BCUT2D eigenvalue weighted by molar-refractivity contribution is 7.99. The fourth-order valence-corrected chi connectivity index (χ4v) is 1.73. The normalized spacial score (nSPS) is 10.5. The maximum absolute atomic E-state index is 5.60. The Morgan fingerprint density at radius 3 is 2.73 bits per heavy atom. The zero-order valence-electron chi connectivity index (χ0n) is 8.08. The lowest BCUT2D eigenvalue weighted by molar-refractivity contribution is 0.787. The monoisotopic (exact) mass is 222 g/mol. The molecule has 0 bridgehead atoms. The van der Waals surface area contributed by atoms with Gasteiger partial charge in [0.05, 0.1) is 5.69 Å². The van der Waals surface area contributed by atoms with Crippen molar-refractivity contribution in [1.82, 2.24) is 19.7 Å². The predicted octanol–water partition coefficient (Wildman–Crippen LogP) is 0.526. The molecule has 0 saturated carbocycles. The maximum atomic E-state index is 5.60. The molecule has 0 unspecified atom stereocenters. The van der Waals surface area contributed by atoms with Crippen molar-refractivity contribution in [2.24, 2.45) is 7.05 Å². The van der Waals surface area contributed by atoms with E-state index in [1.165, 1.54) is 11.8 Å². The minimum Gasteiger partial charge on any atom is -0.396 e. The second-order valence-corrected chi connectivity index (χ2v) is 3.94. The van der Waals surface area contributed by atoms with Crippen LogP contribution in [0.15, 0.2) is 28.6 Å². The SMILES string of the molecule is Cn1cnnc1Sc1ccc(N)c(N)n1. The largest absolute Gasteiger partial charge is 0.396 e. The molecular formula is C8H10N6S. The van der Waals surface area contributed by atoms with Gasteiger partial charge in [-0.1, -0.05) is 0 Å². The summed E-state index contributed by atoms with van der Waals surface area (Å²) in [6, 6.07) is 3.52. The number of aryl methyl sites for hydroxylation is 1. The van der Waals surface area contributed by atoms with Crippen LogP contribution in [0.2, 0.25) is 0 Å². The van der Waals surface area contributed by atoms with E-state index >= 15 is 0 Å². The minimum atomic E-state index is 0.335. The van der Waals surface area contributed by atoms with Crippen molar-refractivity contribution in [3.63, 3.8) is 0 Å². The van der Waals surface area contributed by atoms with Crippen molar-refractivity contribution in [2.45, 2.75) is 10.2 Å². The molecule has 0 fully saturated rings. The van der Waals surface area contributed by atoms with Crippen LogP contribution in [-0.4, -0.2) is 19.7 Å². The van der Waals surface area contributed by atoms with Gasteiger partial charge < -0.3 is 16.0 Å². The number of nitrogen functional groups attached to an aromatic ring is 2. The Bertz CT molecular complexity index is 480. The minimum absolute atomic E-state index is 0.335. The van der Waals surface area contributed by atoms with Crippen LogP contribution in [0.1, 0.15) is 0 Å². The number of hydrogen-bond donors (Lipinski definition) is 2. The van der Waals surface area contributed by atoms with Crippen LogP contribution >= 0.6 is 11.8 Å². The van der Waals surface area contributed by atoms with Crippen LogP contribution in [0.5, 0.6) is 0 Å². The van der Waals surface area contributed by atoms with E-state index < -0.39 is 0 Å². The molecule has 0 saturated heterocycles. The molecule has 7 heteroatoms. The number of nitrogens with zero attached hydrogens (tertiary/aromatic N) is 4. The van der Waals surface area contributed by atoms with E-state index in [9.17, 15) is 0 Å². The average molecular weight is 222 g/mol. The molecule has 0 radical (unpaired) electrons. The summed E-state index contributed by atoms with van der Waals surface area (Å²) in [6.45, 7) is 0. The van der Waals surface area contributed by atoms with Gasteiger partial charge in [-0.15, -0.1) is 10.2 Å². The summed E-state index contributed by atoms with van der Waals surface area (Å²) in [6.07, 6.45) is 1.63. The number of pyridine rings is 1. The Balaban J connectivity index is 2.25. The Labute approximate surface area is 90.7 Å². The molecule has 0 aromatic carbocycles. The molecule has 2 aromatic heterocycles. The topological polar surface area (TPSA) is 95.6 Å². The second-order valence-electron chi connectivity index (χ2n) is 2.95. The van der Waals surface area contributed by atoms with Crippen LogP contribution in [-0.2, 0) is 7.05 Å². The standard InChI is InChI=1S/C8H10N6S/c1-14-4-11-13-8(14)15-6-3-2-5(9)7(10)12-6/h2-4H,9H2,1H3,(H2,10,12). The van der Waals surface area contributed by atoms with Crippen molar-refractivity contribution in [1.29, 1.82) is 0 Å². The van der Waals surface area contributed by atoms with E-state index in [0.29, 0.717) is 11.5 Å². The smallest absolute Gasteiger partial charge is 0.197 e. The summed E-state index contributed by atoms with van der Waals surface area (Å²) in [4.78, 5) is 4.12. The van der Waals surface area contributed by atoms with Crippen molar-refractivity contribution in [3.8, 4) is 0 Å².